The Morgan fingerprint density at radius 3 is 2.91 bits per heavy atom. The number of nitrogens with one attached hydrogen (secondary N) is 1. The molecule has 0 aliphatic heterocycles. The van der Waals surface area contributed by atoms with Crippen molar-refractivity contribution in [2.24, 2.45) is 0 Å². The molecule has 0 aromatic carbocycles. The van der Waals surface area contributed by atoms with Crippen LogP contribution in [0.4, 0.5) is 5.69 Å². The van der Waals surface area contributed by atoms with Gasteiger partial charge in [0, 0.05) is 6.20 Å². The van der Waals surface area contributed by atoms with Crippen LogP contribution in [0, 0.1) is 0 Å². The van der Waals surface area contributed by atoms with Crippen LogP contribution in [0.1, 0.15) is 12.5 Å². The molecule has 3 nitrogen and oxygen atoms in total. The second kappa shape index (κ2) is 3.05. The number of rotatable bonds is 1. The molecular weight excluding hydrogens is 140 g/mol. The van der Waals surface area contributed by atoms with Gasteiger partial charge < -0.3 is 10.7 Å². The summed E-state index contributed by atoms with van der Waals surface area (Å²) in [6.45, 7) is 1.90. The van der Waals surface area contributed by atoms with Crippen molar-refractivity contribution >= 4 is 11.8 Å². The first kappa shape index (κ1) is 7.60. The van der Waals surface area contributed by atoms with E-state index in [4.69, 9.17) is 5.73 Å². The predicted molar refractivity (Wildman–Crippen MR) is 46.2 cm³/mol. The lowest BCUT2D eigenvalue weighted by Gasteiger charge is -1.93. The summed E-state index contributed by atoms with van der Waals surface area (Å²) in [5.41, 5.74) is 6.29. The van der Waals surface area contributed by atoms with Crippen molar-refractivity contribution < 1.29 is 0 Å². The van der Waals surface area contributed by atoms with Crippen LogP contribution >= 0.6 is 0 Å². The number of hydrogen-bond acceptors (Lipinski definition) is 2. The Hall–Kier alpha value is -1.51. The van der Waals surface area contributed by atoms with Crippen molar-refractivity contribution in [3.8, 4) is 0 Å². The lowest BCUT2D eigenvalue weighted by molar-refractivity contribution is 1.24. The Morgan fingerprint density at radius 2 is 2.36 bits per heavy atom. The van der Waals surface area contributed by atoms with Crippen LogP contribution in [-0.4, -0.2) is 4.98 Å². The molecule has 1 aromatic heterocycles. The van der Waals surface area contributed by atoms with Crippen LogP contribution < -0.4 is 11.3 Å². The zero-order chi connectivity index (χ0) is 8.27. The first-order valence-corrected chi connectivity index (χ1v) is 3.35. The van der Waals surface area contributed by atoms with Crippen LogP contribution in [0.3, 0.4) is 0 Å². The van der Waals surface area contributed by atoms with E-state index in [2.05, 4.69) is 4.98 Å². The molecule has 1 rings (SSSR count). The third kappa shape index (κ3) is 1.70. The number of allylic oxidation sites excluding steroid dienone is 1. The number of aromatic nitrogens is 1. The van der Waals surface area contributed by atoms with Gasteiger partial charge in [0.25, 0.3) is 5.56 Å². The fourth-order valence-corrected chi connectivity index (χ4v) is 0.808. The van der Waals surface area contributed by atoms with Gasteiger partial charge in [-0.1, -0.05) is 12.2 Å². The van der Waals surface area contributed by atoms with Gasteiger partial charge in [-0.3, -0.25) is 4.79 Å². The number of nitrogen functional groups attached to an aromatic ring is 1. The van der Waals surface area contributed by atoms with Crippen molar-refractivity contribution in [2.75, 3.05) is 5.73 Å². The molecule has 0 atom stereocenters. The molecule has 3 N–H and O–H groups in total. The van der Waals surface area contributed by atoms with Crippen LogP contribution in [0.5, 0.6) is 0 Å². The molecular formula is C8H10N2O. The van der Waals surface area contributed by atoms with Gasteiger partial charge in [-0.05, 0) is 18.6 Å². The monoisotopic (exact) mass is 150 g/mol. The van der Waals surface area contributed by atoms with E-state index in [0.29, 0.717) is 0 Å². The molecule has 0 amide bonds. The molecule has 1 aromatic rings. The Morgan fingerprint density at radius 1 is 1.64 bits per heavy atom. The topological polar surface area (TPSA) is 58.9 Å². The Bertz CT molecular complexity index is 325. The minimum atomic E-state index is -0.238. The number of anilines is 1. The quantitative estimate of drug-likeness (QED) is 0.627. The maximum atomic E-state index is 10.8. The molecule has 58 valence electrons. The van der Waals surface area contributed by atoms with E-state index >= 15 is 0 Å². The van der Waals surface area contributed by atoms with Crippen LogP contribution in [-0.2, 0) is 0 Å². The molecule has 0 fully saturated rings. The third-order valence-corrected chi connectivity index (χ3v) is 1.31. The molecule has 0 spiro atoms. The lowest BCUT2D eigenvalue weighted by Crippen LogP contribution is -2.10. The molecule has 0 radical (unpaired) electrons. The molecule has 0 bridgehead atoms. The highest BCUT2D eigenvalue weighted by Crippen LogP contribution is 2.00. The average molecular weight is 150 g/mol. The van der Waals surface area contributed by atoms with Crippen LogP contribution in [0.25, 0.3) is 6.08 Å². The molecule has 3 heteroatoms. The molecule has 0 saturated heterocycles. The van der Waals surface area contributed by atoms with Crippen molar-refractivity contribution in [3.05, 3.63) is 34.3 Å². The summed E-state index contributed by atoms with van der Waals surface area (Å²) in [6.07, 6.45) is 5.37. The van der Waals surface area contributed by atoms with Crippen molar-refractivity contribution in [3.63, 3.8) is 0 Å². The summed E-state index contributed by atoms with van der Waals surface area (Å²) in [5.74, 6) is 0. The summed E-state index contributed by atoms with van der Waals surface area (Å²) in [6, 6.07) is 1.64. The number of nitrogens with two attached hydrogens (primary N) is 1. The van der Waals surface area contributed by atoms with E-state index in [1.165, 1.54) is 0 Å². The van der Waals surface area contributed by atoms with Gasteiger partial charge in [0.2, 0.25) is 0 Å². The average Bonchev–Trinajstić information content (AvgIpc) is 1.98. The number of pyridine rings is 1. The van der Waals surface area contributed by atoms with E-state index in [1.54, 1.807) is 12.3 Å². The van der Waals surface area contributed by atoms with Crippen LogP contribution in [0.15, 0.2) is 23.1 Å². The van der Waals surface area contributed by atoms with Gasteiger partial charge in [-0.25, -0.2) is 0 Å². The Balaban J connectivity index is 3.15. The standard InChI is InChI=1S/C8H10N2O/c1-2-3-6-4-7(9)8(11)10-5-6/h2-5H,9H2,1H3,(H,10,11)/b3-2+. The summed E-state index contributed by atoms with van der Waals surface area (Å²) < 4.78 is 0. The zero-order valence-electron chi connectivity index (χ0n) is 6.29. The largest absolute Gasteiger partial charge is 0.394 e. The molecule has 0 aliphatic carbocycles. The molecule has 0 saturated carbocycles. The maximum Gasteiger partial charge on any atom is 0.271 e. The number of aromatic amines is 1. The fraction of sp³-hybridized carbons (Fsp3) is 0.125. The predicted octanol–water partition coefficient (Wildman–Crippen LogP) is 0.990. The Kier molecular flexibility index (Phi) is 2.11. The van der Waals surface area contributed by atoms with Gasteiger partial charge in [0.15, 0.2) is 0 Å². The third-order valence-electron chi connectivity index (χ3n) is 1.31. The highest BCUT2D eigenvalue weighted by atomic mass is 16.1. The van der Waals surface area contributed by atoms with E-state index in [-0.39, 0.29) is 11.2 Å². The SMILES string of the molecule is C/C=C/c1c[nH]c(=O)c(N)c1. The minimum absolute atomic E-state index is 0.238. The van der Waals surface area contributed by atoms with Crippen molar-refractivity contribution in [2.45, 2.75) is 6.92 Å². The summed E-state index contributed by atoms with van der Waals surface area (Å²) in [5, 5.41) is 0. The normalized spacial score (nSPS) is 10.6. The molecule has 1 heterocycles. The molecule has 0 unspecified atom stereocenters. The number of hydrogen-bond donors (Lipinski definition) is 2. The maximum absolute atomic E-state index is 10.8. The number of H-pyrrole nitrogens is 1. The second-order valence-corrected chi connectivity index (χ2v) is 2.22. The molecule has 0 aliphatic rings. The molecule has 11 heavy (non-hydrogen) atoms. The van der Waals surface area contributed by atoms with E-state index in [1.807, 2.05) is 19.1 Å². The highest BCUT2D eigenvalue weighted by Gasteiger charge is 1.92. The summed E-state index contributed by atoms with van der Waals surface area (Å²) in [4.78, 5) is 13.3. The smallest absolute Gasteiger partial charge is 0.271 e. The van der Waals surface area contributed by atoms with Gasteiger partial charge in [-0.15, -0.1) is 0 Å². The second-order valence-electron chi connectivity index (χ2n) is 2.22. The first-order valence-electron chi connectivity index (χ1n) is 3.35. The first-order chi connectivity index (χ1) is 5.24. The van der Waals surface area contributed by atoms with E-state index < -0.39 is 0 Å². The van der Waals surface area contributed by atoms with Gasteiger partial charge in [0.1, 0.15) is 0 Å². The minimum Gasteiger partial charge on any atom is -0.394 e. The highest BCUT2D eigenvalue weighted by molar-refractivity contribution is 5.52. The summed E-state index contributed by atoms with van der Waals surface area (Å²) >= 11 is 0. The van der Waals surface area contributed by atoms with Gasteiger partial charge >= 0.3 is 0 Å². The van der Waals surface area contributed by atoms with Gasteiger partial charge in [0.05, 0.1) is 5.69 Å². The van der Waals surface area contributed by atoms with Gasteiger partial charge in [-0.2, -0.15) is 0 Å². The van der Waals surface area contributed by atoms with Crippen molar-refractivity contribution in [1.29, 1.82) is 0 Å². The summed E-state index contributed by atoms with van der Waals surface area (Å²) in [7, 11) is 0. The fourth-order valence-electron chi connectivity index (χ4n) is 0.808. The Labute approximate surface area is 64.6 Å². The lowest BCUT2D eigenvalue weighted by atomic mass is 10.2. The van der Waals surface area contributed by atoms with E-state index in [0.717, 1.165) is 5.56 Å². The van der Waals surface area contributed by atoms with Crippen molar-refractivity contribution in [1.82, 2.24) is 4.98 Å². The van der Waals surface area contributed by atoms with Crippen LogP contribution in [0.2, 0.25) is 0 Å². The van der Waals surface area contributed by atoms with E-state index in [9.17, 15) is 4.79 Å². The zero-order valence-corrected chi connectivity index (χ0v) is 6.29.